The first kappa shape index (κ1) is 10.9. The molecular formula is C9H7F5. The van der Waals surface area contributed by atoms with Crippen LogP contribution in [0.15, 0.2) is 12.1 Å². The lowest BCUT2D eigenvalue weighted by Crippen LogP contribution is -2.13. The van der Waals surface area contributed by atoms with Crippen molar-refractivity contribution < 1.29 is 22.0 Å². The zero-order valence-corrected chi connectivity index (χ0v) is 7.25. The summed E-state index contributed by atoms with van der Waals surface area (Å²) in [6.07, 6.45) is -0.600. The zero-order chi connectivity index (χ0) is 10.9. The van der Waals surface area contributed by atoms with Gasteiger partial charge < -0.3 is 0 Å². The molecular weight excluding hydrogens is 203 g/mol. The maximum atomic E-state index is 12.9. The third-order valence-corrected chi connectivity index (χ3v) is 1.85. The van der Waals surface area contributed by atoms with Crippen LogP contribution >= 0.6 is 0 Å². The average molecular weight is 210 g/mol. The largest absolute Gasteiger partial charge is 0.273 e. The molecule has 0 nitrogen and oxygen atoms in total. The van der Waals surface area contributed by atoms with Gasteiger partial charge in [0.1, 0.15) is 0 Å². The van der Waals surface area contributed by atoms with Gasteiger partial charge >= 0.3 is 0 Å². The third-order valence-electron chi connectivity index (χ3n) is 1.85. The average Bonchev–Trinajstić information content (AvgIpc) is 2.13. The Morgan fingerprint density at radius 2 is 1.50 bits per heavy atom. The van der Waals surface area contributed by atoms with Crippen LogP contribution in [0.5, 0.6) is 0 Å². The molecule has 78 valence electrons. The van der Waals surface area contributed by atoms with Gasteiger partial charge in [0, 0.05) is 12.0 Å². The number of rotatable bonds is 2. The second kappa shape index (κ2) is 3.55. The molecule has 1 rings (SSSR count). The Hall–Kier alpha value is -1.13. The van der Waals surface area contributed by atoms with E-state index in [1.807, 2.05) is 0 Å². The fourth-order valence-electron chi connectivity index (χ4n) is 0.971. The molecule has 0 radical (unpaired) electrons. The highest BCUT2D eigenvalue weighted by molar-refractivity contribution is 5.23. The van der Waals surface area contributed by atoms with Crippen LogP contribution in [0.1, 0.15) is 18.9 Å². The number of hydrogen-bond donors (Lipinski definition) is 0. The van der Waals surface area contributed by atoms with Crippen molar-refractivity contribution in [1.82, 2.24) is 0 Å². The summed E-state index contributed by atoms with van der Waals surface area (Å²) in [4.78, 5) is 0. The molecule has 0 saturated heterocycles. The molecule has 0 bridgehead atoms. The van der Waals surface area contributed by atoms with E-state index < -0.39 is 35.4 Å². The SMILES string of the molecule is CCC(F)(F)c1cc(F)c(F)c(F)c1. The predicted molar refractivity (Wildman–Crippen MR) is 40.5 cm³/mol. The second-order valence-corrected chi connectivity index (χ2v) is 2.81. The monoisotopic (exact) mass is 210 g/mol. The summed E-state index contributed by atoms with van der Waals surface area (Å²) in [5, 5.41) is 0. The first-order valence-electron chi connectivity index (χ1n) is 3.91. The van der Waals surface area contributed by atoms with E-state index in [0.29, 0.717) is 12.1 Å². The molecule has 0 atom stereocenters. The van der Waals surface area contributed by atoms with Crippen molar-refractivity contribution in [3.05, 3.63) is 35.1 Å². The Bertz CT molecular complexity index is 322. The van der Waals surface area contributed by atoms with E-state index in [1.54, 1.807) is 0 Å². The third kappa shape index (κ3) is 1.86. The fraction of sp³-hybridized carbons (Fsp3) is 0.333. The minimum atomic E-state index is -3.34. The summed E-state index contributed by atoms with van der Waals surface area (Å²) >= 11 is 0. The van der Waals surface area contributed by atoms with Gasteiger partial charge in [-0.3, -0.25) is 0 Å². The molecule has 0 amide bonds. The fourth-order valence-corrected chi connectivity index (χ4v) is 0.971. The summed E-state index contributed by atoms with van der Waals surface area (Å²) < 4.78 is 63.4. The van der Waals surface area contributed by atoms with Crippen molar-refractivity contribution in [1.29, 1.82) is 0 Å². The van der Waals surface area contributed by atoms with E-state index in [9.17, 15) is 22.0 Å². The summed E-state index contributed by atoms with van der Waals surface area (Å²) in [5.41, 5.74) is -0.851. The lowest BCUT2D eigenvalue weighted by atomic mass is 10.1. The molecule has 0 spiro atoms. The first-order valence-corrected chi connectivity index (χ1v) is 3.91. The molecule has 0 unspecified atom stereocenters. The molecule has 0 saturated carbocycles. The molecule has 14 heavy (non-hydrogen) atoms. The molecule has 0 aliphatic heterocycles. The van der Waals surface area contributed by atoms with Crippen molar-refractivity contribution in [2.24, 2.45) is 0 Å². The molecule has 0 aliphatic rings. The lowest BCUT2D eigenvalue weighted by molar-refractivity contribution is -0.00902. The van der Waals surface area contributed by atoms with E-state index in [2.05, 4.69) is 0 Å². The zero-order valence-electron chi connectivity index (χ0n) is 7.25. The maximum absolute atomic E-state index is 12.9. The van der Waals surface area contributed by atoms with Crippen LogP contribution in [0, 0.1) is 17.5 Å². The van der Waals surface area contributed by atoms with Crippen molar-refractivity contribution in [2.45, 2.75) is 19.3 Å². The highest BCUT2D eigenvalue weighted by Gasteiger charge is 2.31. The highest BCUT2D eigenvalue weighted by Crippen LogP contribution is 2.32. The summed E-state index contributed by atoms with van der Waals surface area (Å²) in [6, 6.07) is 0.615. The van der Waals surface area contributed by atoms with Gasteiger partial charge in [0.15, 0.2) is 17.5 Å². The maximum Gasteiger partial charge on any atom is 0.273 e. The van der Waals surface area contributed by atoms with Crippen molar-refractivity contribution in [3.8, 4) is 0 Å². The Labute approximate surface area is 77.4 Å². The van der Waals surface area contributed by atoms with Crippen LogP contribution in [-0.2, 0) is 5.92 Å². The van der Waals surface area contributed by atoms with E-state index in [-0.39, 0.29) is 0 Å². The topological polar surface area (TPSA) is 0 Å². The lowest BCUT2D eigenvalue weighted by Gasteiger charge is -2.14. The predicted octanol–water partition coefficient (Wildman–Crippen LogP) is 3.61. The summed E-state index contributed by atoms with van der Waals surface area (Å²) in [7, 11) is 0. The van der Waals surface area contributed by atoms with Gasteiger partial charge in [-0.1, -0.05) is 6.92 Å². The molecule has 0 aliphatic carbocycles. The van der Waals surface area contributed by atoms with Crippen LogP contribution in [0.25, 0.3) is 0 Å². The van der Waals surface area contributed by atoms with E-state index in [1.165, 1.54) is 6.92 Å². The molecule has 1 aromatic carbocycles. The van der Waals surface area contributed by atoms with Crippen LogP contribution in [0.2, 0.25) is 0 Å². The Kier molecular flexibility index (Phi) is 2.78. The standard InChI is InChI=1S/C9H7F5/c1-2-9(13,14)5-3-6(10)8(12)7(11)4-5/h3-4H,2H2,1H3. The molecule has 5 heteroatoms. The van der Waals surface area contributed by atoms with Crippen LogP contribution < -0.4 is 0 Å². The molecule has 0 N–H and O–H groups in total. The van der Waals surface area contributed by atoms with Gasteiger partial charge in [0.25, 0.3) is 5.92 Å². The number of benzene rings is 1. The second-order valence-electron chi connectivity index (χ2n) is 2.81. The smallest absolute Gasteiger partial charge is 0.204 e. The minimum Gasteiger partial charge on any atom is -0.204 e. The van der Waals surface area contributed by atoms with Gasteiger partial charge in [0.2, 0.25) is 0 Å². The van der Waals surface area contributed by atoms with Crippen molar-refractivity contribution in [2.75, 3.05) is 0 Å². The van der Waals surface area contributed by atoms with Crippen LogP contribution in [-0.4, -0.2) is 0 Å². The number of hydrogen-bond acceptors (Lipinski definition) is 0. The van der Waals surface area contributed by atoms with E-state index in [4.69, 9.17) is 0 Å². The summed E-state index contributed by atoms with van der Waals surface area (Å²) in [6.45, 7) is 1.17. The van der Waals surface area contributed by atoms with E-state index >= 15 is 0 Å². The molecule has 0 heterocycles. The van der Waals surface area contributed by atoms with Gasteiger partial charge in [0.05, 0.1) is 0 Å². The summed E-state index contributed by atoms with van der Waals surface area (Å²) in [5.74, 6) is -8.28. The first-order chi connectivity index (χ1) is 6.38. The Morgan fingerprint density at radius 1 is 1.07 bits per heavy atom. The van der Waals surface area contributed by atoms with Crippen molar-refractivity contribution in [3.63, 3.8) is 0 Å². The normalized spacial score (nSPS) is 11.9. The van der Waals surface area contributed by atoms with Gasteiger partial charge in [-0.05, 0) is 12.1 Å². The van der Waals surface area contributed by atoms with Gasteiger partial charge in [-0.25, -0.2) is 22.0 Å². The minimum absolute atomic E-state index is 0.307. The van der Waals surface area contributed by atoms with Crippen LogP contribution in [0.3, 0.4) is 0 Å². The van der Waals surface area contributed by atoms with Gasteiger partial charge in [-0.2, -0.15) is 0 Å². The molecule has 0 aromatic heterocycles. The quantitative estimate of drug-likeness (QED) is 0.516. The van der Waals surface area contributed by atoms with Gasteiger partial charge in [-0.15, -0.1) is 0 Å². The highest BCUT2D eigenvalue weighted by atomic mass is 19.3. The number of halogens is 5. The Balaban J connectivity index is 3.26. The van der Waals surface area contributed by atoms with Crippen molar-refractivity contribution >= 4 is 0 Å². The molecule has 0 fully saturated rings. The number of alkyl halides is 2. The molecule has 1 aromatic rings. The van der Waals surface area contributed by atoms with Crippen LogP contribution in [0.4, 0.5) is 22.0 Å². The van der Waals surface area contributed by atoms with E-state index in [0.717, 1.165) is 0 Å². The Morgan fingerprint density at radius 3 is 1.86 bits per heavy atom.